The Bertz CT molecular complexity index is 3350. The molecule has 9 N–H and O–H groups in total. The minimum atomic E-state index is -5.39. The second-order valence-corrected chi connectivity index (χ2v) is 40.3. The van der Waals surface area contributed by atoms with Gasteiger partial charge in [-0.3, -0.25) is 37.2 Å². The van der Waals surface area contributed by atoms with E-state index in [-0.39, 0.29) is 134 Å². The SMILES string of the molecule is CC1[C@H](OCC(=O)CCCCCCCO[C@H]2C[C@@H](OP(=O)([O-])OCCCOC(C)(C)C)C(COP(=O)([O-])OCCCOP(=O)([O-])O[C@@H]3C[C@H](OCCCCCCCC(=O)CO[C@@H]4OC(CO)[C@H](O)[C@H](O)C4C)OC3COP(=O)([O-])OCCCOP(=O)([O-])OC3C[C@H](OCCCCCCCC(=O)CO[C@@H]4OC(CO)[C@H](O)[C@H](O)C4C)O[C@@H]3CO)O2)OC(CO)[C@H](C)[C@@H]1O. The number of rotatable bonds is 69. The second-order valence-electron chi connectivity index (χ2n) is 33.4. The Morgan fingerprint density at radius 2 is 0.598 bits per heavy atom. The molecule has 6 heterocycles. The Kier molecular flexibility index (Phi) is 52.6. The molecule has 0 aliphatic carbocycles. The third-order valence-electron chi connectivity index (χ3n) is 21.8. The summed E-state index contributed by atoms with van der Waals surface area (Å²) in [4.78, 5) is 103. The molecule has 0 aromatic rings. The normalized spacial score (nSPS) is 32.6. The zero-order valence-electron chi connectivity index (χ0n) is 73.5. The lowest BCUT2D eigenvalue weighted by atomic mass is 9.86. The molecule has 746 valence electrons. The summed E-state index contributed by atoms with van der Waals surface area (Å²) in [6, 6.07) is 0. The highest BCUT2D eigenvalue weighted by Crippen LogP contribution is 2.49. The highest BCUT2D eigenvalue weighted by molar-refractivity contribution is 7.47. The van der Waals surface area contributed by atoms with E-state index in [2.05, 4.69) is 0 Å². The predicted octanol–water partition coefficient (Wildman–Crippen LogP) is 2.25. The summed E-state index contributed by atoms with van der Waals surface area (Å²) in [5.41, 5.74) is -0.504. The number of hydrogen-bond donors (Lipinski definition) is 9. The van der Waals surface area contributed by atoms with Crippen LogP contribution in [0.3, 0.4) is 0 Å². The van der Waals surface area contributed by atoms with Crippen LogP contribution >= 0.6 is 39.1 Å². The molecule has 0 aromatic heterocycles. The van der Waals surface area contributed by atoms with Crippen LogP contribution in [0.15, 0.2) is 0 Å². The van der Waals surface area contributed by atoms with Crippen LogP contribution in [0.2, 0.25) is 0 Å². The molecule has 50 heteroatoms. The van der Waals surface area contributed by atoms with Crippen LogP contribution in [-0.2, 0) is 144 Å². The van der Waals surface area contributed by atoms with Crippen LogP contribution in [0, 0.1) is 23.7 Å². The standard InChI is InChI=1S/C77H143O45P5/c1-50-60(41-78)117-74(51(2)69(50)85)103-45-54(82)26-17-12-9-15-21-30-101-67-39-58(121-126(96,97)109-33-23-32-106-77(5,6)7)64(115-67)48-112-124(92,93)108-35-25-37-111-127(98,99)122-59-40-68(102-31-22-16-10-13-19-28-56(84)47-105-76-53(4)71(87)73(89)63(44-81)119-76)116-65(59)49-113-123(90,91)107-34-24-36-110-125(94,95)120-57-38-66(114-61(57)42-79)100-29-20-14-8-11-18-27-55(83)46-104-75-52(3)70(86)72(88)62(43-80)118-75/h50-53,57-76,78-81,85-89H,8-49H2,1-7H3,(H,90,91)(H,92,93)(H,94,95)(H,96,97)(H,98,99)/p-5/t50-,51?,52?,53?,57?,58+,59+,60?,61+,62?,63?,64?,65?,66+,67+,68+,69-,70+,71+,72-,73-,74+,75+,76+/m0/s1. The van der Waals surface area contributed by atoms with Gasteiger partial charge in [0, 0.05) is 88.6 Å². The minimum Gasteiger partial charge on any atom is -0.756 e. The molecule has 6 saturated heterocycles. The number of unbranched alkanes of at least 4 members (excludes halogenated alkanes) is 12. The number of phosphoric acid groups is 5. The van der Waals surface area contributed by atoms with Gasteiger partial charge in [0.25, 0.3) is 39.1 Å². The van der Waals surface area contributed by atoms with E-state index in [4.69, 9.17) is 107 Å². The molecule has 6 aliphatic rings. The van der Waals surface area contributed by atoms with Crippen LogP contribution in [0.25, 0.3) is 0 Å². The topological polar surface area (TPSA) is 646 Å². The maximum atomic E-state index is 13.4. The highest BCUT2D eigenvalue weighted by Gasteiger charge is 2.47. The van der Waals surface area contributed by atoms with Gasteiger partial charge < -0.3 is 177 Å². The van der Waals surface area contributed by atoms with E-state index in [1.807, 2.05) is 20.8 Å². The number of carbonyl (C=O) groups is 3. The maximum Gasteiger partial charge on any atom is 0.268 e. The highest BCUT2D eigenvalue weighted by atomic mass is 31.2. The second kappa shape index (κ2) is 58.4. The van der Waals surface area contributed by atoms with Crippen molar-refractivity contribution in [3.05, 3.63) is 0 Å². The Morgan fingerprint density at radius 3 is 0.929 bits per heavy atom. The molecule has 0 bridgehead atoms. The molecular weight excluding hydrogens is 1800 g/mol. The molecular formula is C77H138O45P5-5. The number of phosphoric ester groups is 5. The van der Waals surface area contributed by atoms with Gasteiger partial charge >= 0.3 is 0 Å². The molecule has 6 rings (SSSR count). The number of aliphatic hydroxyl groups excluding tert-OH is 9. The average molecular weight is 1940 g/mol. The van der Waals surface area contributed by atoms with Crippen LogP contribution < -0.4 is 24.5 Å². The Labute approximate surface area is 741 Å². The fraction of sp³-hybridized carbons (Fsp3) is 0.961. The zero-order valence-corrected chi connectivity index (χ0v) is 78.0. The van der Waals surface area contributed by atoms with Gasteiger partial charge in [-0.25, -0.2) is 0 Å². The van der Waals surface area contributed by atoms with Crippen molar-refractivity contribution >= 4 is 56.5 Å². The number of aliphatic hydroxyl groups is 9. The molecule has 6 fully saturated rings. The lowest BCUT2D eigenvalue weighted by Crippen LogP contribution is -2.55. The fourth-order valence-electron chi connectivity index (χ4n) is 14.3. The van der Waals surface area contributed by atoms with Crippen molar-refractivity contribution in [2.75, 3.05) is 119 Å². The van der Waals surface area contributed by atoms with Crippen molar-refractivity contribution in [3.8, 4) is 0 Å². The maximum absolute atomic E-state index is 13.4. The average Bonchev–Trinajstić information content (AvgIpc) is 1.74. The third kappa shape index (κ3) is 43.5. The van der Waals surface area contributed by atoms with E-state index in [1.165, 1.54) is 0 Å². The van der Waals surface area contributed by atoms with Crippen molar-refractivity contribution in [2.24, 2.45) is 23.7 Å². The number of ether oxygens (including phenoxy) is 13. The van der Waals surface area contributed by atoms with Crippen molar-refractivity contribution in [2.45, 2.75) is 331 Å². The molecule has 29 atom stereocenters. The molecule has 127 heavy (non-hydrogen) atoms. The summed E-state index contributed by atoms with van der Waals surface area (Å²) in [6.07, 6.45) is -14.2. The number of ketones is 3. The quantitative estimate of drug-likeness (QED) is 0.0311. The Hall–Kier alpha value is -1.32. The first-order valence-corrected chi connectivity index (χ1v) is 51.1. The Balaban J connectivity index is 0.914. The molecule has 0 spiro atoms. The van der Waals surface area contributed by atoms with Gasteiger partial charge in [-0.05, 0) is 78.6 Å². The van der Waals surface area contributed by atoms with E-state index in [0.29, 0.717) is 83.5 Å². The monoisotopic (exact) mass is 1940 g/mol. The molecule has 0 aromatic carbocycles. The number of hydrogen-bond acceptors (Lipinski definition) is 45. The van der Waals surface area contributed by atoms with Crippen LogP contribution in [0.4, 0.5) is 0 Å². The van der Waals surface area contributed by atoms with Crippen molar-refractivity contribution in [1.29, 1.82) is 0 Å². The van der Waals surface area contributed by atoms with Gasteiger partial charge in [-0.15, -0.1) is 0 Å². The molecule has 0 saturated carbocycles. The van der Waals surface area contributed by atoms with Crippen molar-refractivity contribution in [1.82, 2.24) is 0 Å². The summed E-state index contributed by atoms with van der Waals surface area (Å²) in [7, 11) is -26.2. The zero-order chi connectivity index (χ0) is 93.6. The Morgan fingerprint density at radius 1 is 0.315 bits per heavy atom. The molecule has 0 radical (unpaired) electrons. The summed E-state index contributed by atoms with van der Waals surface area (Å²) in [6.45, 7) is 4.91. The fourth-order valence-corrected chi connectivity index (χ4v) is 18.7. The third-order valence-corrected chi connectivity index (χ3v) is 26.8. The summed E-state index contributed by atoms with van der Waals surface area (Å²) < 4.78 is 190. The van der Waals surface area contributed by atoms with Crippen LogP contribution in [0.1, 0.15) is 203 Å². The van der Waals surface area contributed by atoms with Gasteiger partial charge in [0.15, 0.2) is 55.1 Å². The number of Topliss-reactive ketones (excluding diaryl/α,β-unsaturated/α-hetero) is 3. The largest absolute Gasteiger partial charge is 0.756 e. The van der Waals surface area contributed by atoms with E-state index in [1.54, 1.807) is 27.7 Å². The minimum absolute atomic E-state index is 0.0465. The first-order valence-electron chi connectivity index (χ1n) is 43.8. The van der Waals surface area contributed by atoms with Gasteiger partial charge in [-0.2, -0.15) is 0 Å². The van der Waals surface area contributed by atoms with Gasteiger partial charge in [-0.1, -0.05) is 85.5 Å². The number of carbonyl (C=O) groups excluding carboxylic acids is 3. The lowest BCUT2D eigenvalue weighted by molar-refractivity contribution is -0.280. The lowest BCUT2D eigenvalue weighted by Gasteiger charge is -2.41. The van der Waals surface area contributed by atoms with Crippen molar-refractivity contribution in [3.63, 3.8) is 0 Å². The van der Waals surface area contributed by atoms with E-state index in [9.17, 15) is 108 Å². The van der Waals surface area contributed by atoms with Crippen molar-refractivity contribution < 1.29 is 214 Å². The first kappa shape index (κ1) is 114. The van der Waals surface area contributed by atoms with Crippen LogP contribution in [-0.4, -0.2) is 311 Å². The van der Waals surface area contributed by atoms with E-state index in [0.717, 1.165) is 12.8 Å². The summed E-state index contributed by atoms with van der Waals surface area (Å²) in [5, 5.41) is 89.7. The summed E-state index contributed by atoms with van der Waals surface area (Å²) in [5.74, 6) is -2.62. The smallest absolute Gasteiger partial charge is 0.268 e. The van der Waals surface area contributed by atoms with Gasteiger partial charge in [0.2, 0.25) is 0 Å². The van der Waals surface area contributed by atoms with Gasteiger partial charge in [0.05, 0.1) is 121 Å². The van der Waals surface area contributed by atoms with Gasteiger partial charge in [0.1, 0.15) is 62.5 Å². The first-order chi connectivity index (χ1) is 60.1. The summed E-state index contributed by atoms with van der Waals surface area (Å²) >= 11 is 0. The predicted molar refractivity (Wildman–Crippen MR) is 429 cm³/mol. The molecule has 14 unspecified atom stereocenters. The van der Waals surface area contributed by atoms with Crippen LogP contribution in [0.5, 0.6) is 0 Å². The molecule has 45 nitrogen and oxygen atoms in total. The molecule has 6 aliphatic heterocycles. The molecule has 0 amide bonds. The van der Waals surface area contributed by atoms with E-state index >= 15 is 0 Å². The van der Waals surface area contributed by atoms with E-state index < -0.39 is 252 Å².